The van der Waals surface area contributed by atoms with E-state index in [1.807, 2.05) is 0 Å². The molecule has 0 radical (unpaired) electrons. The number of benzene rings is 1. The molecule has 1 aromatic carbocycles. The third kappa shape index (κ3) is 4.64. The first kappa shape index (κ1) is 24.1. The molecule has 34 heavy (non-hydrogen) atoms. The summed E-state index contributed by atoms with van der Waals surface area (Å²) in [6, 6.07) is 6.55. The Morgan fingerprint density at radius 2 is 1.91 bits per heavy atom. The first-order valence-electron chi connectivity index (χ1n) is 10.2. The highest BCUT2D eigenvalue weighted by Crippen LogP contribution is 2.37. The van der Waals surface area contributed by atoms with Crippen molar-refractivity contribution >= 4 is 21.1 Å². The fourth-order valence-electron chi connectivity index (χ4n) is 3.80. The lowest BCUT2D eigenvalue weighted by atomic mass is 9.94. The maximum absolute atomic E-state index is 12.5. The fourth-order valence-corrected chi connectivity index (χ4v) is 5.09. The highest BCUT2D eigenvalue weighted by Gasteiger charge is 2.39. The van der Waals surface area contributed by atoms with Crippen molar-refractivity contribution in [3.63, 3.8) is 0 Å². The van der Waals surface area contributed by atoms with Gasteiger partial charge in [0.05, 0.1) is 18.0 Å². The predicted octanol–water partition coefficient (Wildman–Crippen LogP) is 2.61. The number of aromatic nitrogens is 3. The van der Waals surface area contributed by atoms with Gasteiger partial charge in [0, 0.05) is 36.0 Å². The number of alkyl halides is 3. The van der Waals surface area contributed by atoms with Crippen LogP contribution < -0.4 is 4.74 Å². The standard InChI is InChI=1S/C21H21F3N4O5S/c1-2-9-34(31,32)27-10-13(11-27)19-18-16(17(30)12-29)7-8-25-20(18)28(26-19)14-3-5-15(6-4-14)33-21(22,23)24/h2-9,13,17,29-30H,10-12H2,1H3/b9-2+/t17-/m0/s1. The molecular formula is C21H21F3N4O5S. The summed E-state index contributed by atoms with van der Waals surface area (Å²) in [6.45, 7) is 1.35. The van der Waals surface area contributed by atoms with E-state index in [9.17, 15) is 31.8 Å². The Kier molecular flexibility index (Phi) is 6.38. The lowest BCUT2D eigenvalue weighted by molar-refractivity contribution is -0.274. The van der Waals surface area contributed by atoms with Gasteiger partial charge in [-0.1, -0.05) is 6.08 Å². The topological polar surface area (TPSA) is 118 Å². The molecule has 1 aliphatic heterocycles. The van der Waals surface area contributed by atoms with Crippen LogP contribution in [0.3, 0.4) is 0 Å². The van der Waals surface area contributed by atoms with E-state index in [4.69, 9.17) is 0 Å². The van der Waals surface area contributed by atoms with Crippen molar-refractivity contribution in [3.05, 3.63) is 59.3 Å². The van der Waals surface area contributed by atoms with Crippen LogP contribution in [-0.4, -0.2) is 63.8 Å². The third-order valence-electron chi connectivity index (χ3n) is 5.38. The Labute approximate surface area is 192 Å². The number of rotatable bonds is 7. The molecule has 1 atom stereocenters. The summed E-state index contributed by atoms with van der Waals surface area (Å²) in [5.74, 6) is -0.716. The molecule has 1 aliphatic rings. The van der Waals surface area contributed by atoms with Gasteiger partial charge in [-0.3, -0.25) is 0 Å². The van der Waals surface area contributed by atoms with Gasteiger partial charge in [-0.2, -0.15) is 9.40 Å². The number of aliphatic hydroxyl groups excluding tert-OH is 2. The summed E-state index contributed by atoms with van der Waals surface area (Å²) in [5.41, 5.74) is 1.51. The number of nitrogens with zero attached hydrogens (tertiary/aromatic N) is 4. The first-order valence-corrected chi connectivity index (χ1v) is 11.7. The Hall–Kier alpha value is -3.00. The van der Waals surface area contributed by atoms with E-state index in [0.717, 1.165) is 17.5 Å². The van der Waals surface area contributed by atoms with Crippen LogP contribution in [0.15, 0.2) is 48.0 Å². The molecular weight excluding hydrogens is 477 g/mol. The molecule has 0 aliphatic carbocycles. The van der Waals surface area contributed by atoms with E-state index in [-0.39, 0.29) is 19.0 Å². The van der Waals surface area contributed by atoms with Crippen LogP contribution in [0.2, 0.25) is 0 Å². The number of sulfonamides is 1. The van der Waals surface area contributed by atoms with Gasteiger partial charge in [0.25, 0.3) is 0 Å². The smallest absolute Gasteiger partial charge is 0.406 e. The van der Waals surface area contributed by atoms with Crippen molar-refractivity contribution in [1.82, 2.24) is 19.1 Å². The van der Waals surface area contributed by atoms with Crippen molar-refractivity contribution in [2.75, 3.05) is 19.7 Å². The predicted molar refractivity (Wildman–Crippen MR) is 116 cm³/mol. The van der Waals surface area contributed by atoms with Crippen molar-refractivity contribution in [2.45, 2.75) is 25.3 Å². The van der Waals surface area contributed by atoms with Gasteiger partial charge in [0.1, 0.15) is 11.9 Å². The molecule has 182 valence electrons. The average Bonchev–Trinajstić information content (AvgIpc) is 3.10. The third-order valence-corrected chi connectivity index (χ3v) is 7.01. The second-order valence-electron chi connectivity index (χ2n) is 7.66. The SMILES string of the molecule is C/C=C/S(=O)(=O)N1CC(c2nn(-c3ccc(OC(F)(F)F)cc3)c3nccc([C@@H](O)CO)c23)C1. The number of aliphatic hydroxyl groups is 2. The number of hydrogen-bond acceptors (Lipinski definition) is 7. The van der Waals surface area contributed by atoms with Gasteiger partial charge in [0.15, 0.2) is 5.65 Å². The van der Waals surface area contributed by atoms with E-state index < -0.39 is 34.8 Å². The van der Waals surface area contributed by atoms with E-state index >= 15 is 0 Å². The molecule has 3 heterocycles. The number of ether oxygens (including phenoxy) is 1. The van der Waals surface area contributed by atoms with Crippen molar-refractivity contribution < 1.29 is 36.5 Å². The zero-order chi connectivity index (χ0) is 24.7. The number of hydrogen-bond donors (Lipinski definition) is 2. The number of allylic oxidation sites excluding steroid dienone is 1. The van der Waals surface area contributed by atoms with Gasteiger partial charge in [0.2, 0.25) is 10.0 Å². The summed E-state index contributed by atoms with van der Waals surface area (Å²) >= 11 is 0. The zero-order valence-corrected chi connectivity index (χ0v) is 18.7. The summed E-state index contributed by atoms with van der Waals surface area (Å²) in [5, 5.41) is 26.0. The maximum Gasteiger partial charge on any atom is 0.573 e. The molecule has 0 bridgehead atoms. The fraction of sp³-hybridized carbons (Fsp3) is 0.333. The van der Waals surface area contributed by atoms with Crippen molar-refractivity contribution in [2.24, 2.45) is 0 Å². The summed E-state index contributed by atoms with van der Waals surface area (Å²) in [7, 11) is -3.56. The molecule has 1 fully saturated rings. The molecule has 0 saturated carbocycles. The lowest BCUT2D eigenvalue weighted by Gasteiger charge is -2.36. The van der Waals surface area contributed by atoms with Gasteiger partial charge < -0.3 is 14.9 Å². The summed E-state index contributed by atoms with van der Waals surface area (Å²) < 4.78 is 68.6. The Bertz CT molecular complexity index is 1320. The Morgan fingerprint density at radius 1 is 1.24 bits per heavy atom. The highest BCUT2D eigenvalue weighted by atomic mass is 32.2. The second-order valence-corrected chi connectivity index (χ2v) is 9.48. The average molecular weight is 498 g/mol. The quantitative estimate of drug-likeness (QED) is 0.514. The summed E-state index contributed by atoms with van der Waals surface area (Å²) in [4.78, 5) is 4.33. The zero-order valence-electron chi connectivity index (χ0n) is 17.8. The van der Waals surface area contributed by atoms with Crippen LogP contribution in [0.5, 0.6) is 5.75 Å². The Balaban J connectivity index is 1.76. The molecule has 0 unspecified atom stereocenters. The van der Waals surface area contributed by atoms with Crippen LogP contribution in [0.1, 0.15) is 30.2 Å². The number of fused-ring (bicyclic) bond motifs is 1. The second kappa shape index (κ2) is 8.98. The highest BCUT2D eigenvalue weighted by molar-refractivity contribution is 7.92. The summed E-state index contributed by atoms with van der Waals surface area (Å²) in [6.07, 6.45) is -3.21. The van der Waals surface area contributed by atoms with Crippen LogP contribution in [0.25, 0.3) is 16.7 Å². The van der Waals surface area contributed by atoms with E-state index in [1.165, 1.54) is 39.5 Å². The molecule has 3 aromatic rings. The molecule has 13 heteroatoms. The minimum atomic E-state index is -4.83. The number of halogens is 3. The van der Waals surface area contributed by atoms with Crippen molar-refractivity contribution in [1.29, 1.82) is 0 Å². The van der Waals surface area contributed by atoms with Gasteiger partial charge in [-0.25, -0.2) is 18.1 Å². The van der Waals surface area contributed by atoms with E-state index in [0.29, 0.717) is 28.0 Å². The molecule has 2 N–H and O–H groups in total. The van der Waals surface area contributed by atoms with Crippen LogP contribution >= 0.6 is 0 Å². The minimum Gasteiger partial charge on any atom is -0.406 e. The molecule has 2 aromatic heterocycles. The molecule has 4 rings (SSSR count). The van der Waals surface area contributed by atoms with Crippen LogP contribution in [-0.2, 0) is 10.0 Å². The van der Waals surface area contributed by atoms with Crippen molar-refractivity contribution in [3.8, 4) is 11.4 Å². The molecule has 0 amide bonds. The number of pyridine rings is 1. The lowest BCUT2D eigenvalue weighted by Crippen LogP contribution is -2.47. The van der Waals surface area contributed by atoms with Gasteiger partial charge in [-0.15, -0.1) is 13.2 Å². The monoisotopic (exact) mass is 498 g/mol. The normalized spacial score (nSPS) is 16.8. The van der Waals surface area contributed by atoms with E-state index in [2.05, 4.69) is 14.8 Å². The van der Waals surface area contributed by atoms with Gasteiger partial charge >= 0.3 is 6.36 Å². The Morgan fingerprint density at radius 3 is 2.50 bits per heavy atom. The molecule has 0 spiro atoms. The minimum absolute atomic E-state index is 0.153. The van der Waals surface area contributed by atoms with Crippen LogP contribution in [0.4, 0.5) is 13.2 Å². The largest absolute Gasteiger partial charge is 0.573 e. The maximum atomic E-state index is 12.5. The van der Waals surface area contributed by atoms with Gasteiger partial charge in [-0.05, 0) is 42.8 Å². The first-order chi connectivity index (χ1) is 16.0. The van der Waals surface area contributed by atoms with Crippen LogP contribution in [0, 0.1) is 0 Å². The van der Waals surface area contributed by atoms with E-state index in [1.54, 1.807) is 6.92 Å². The molecule has 9 nitrogen and oxygen atoms in total. The molecule has 1 saturated heterocycles.